The number of rotatable bonds is 7. The van der Waals surface area contributed by atoms with Crippen LogP contribution in [0.2, 0.25) is 0 Å². The molecule has 20 heavy (non-hydrogen) atoms. The number of hydrogen-bond acceptors (Lipinski definition) is 3. The van der Waals surface area contributed by atoms with Crippen LogP contribution < -0.4 is 5.32 Å². The number of nitrogens with one attached hydrogen (secondary N) is 1. The summed E-state index contributed by atoms with van der Waals surface area (Å²) in [5, 5.41) is 12.8. The molecule has 2 atom stereocenters. The highest BCUT2D eigenvalue weighted by Crippen LogP contribution is 2.32. The van der Waals surface area contributed by atoms with E-state index in [0.717, 1.165) is 18.4 Å². The number of carbonyl (C=O) groups excluding carboxylic acids is 1. The molecule has 0 aromatic heterocycles. The third kappa shape index (κ3) is 4.62. The monoisotopic (exact) mass is 276 g/mol. The lowest BCUT2D eigenvalue weighted by atomic mass is 10.1. The maximum absolute atomic E-state index is 12.0. The van der Waals surface area contributed by atoms with E-state index in [9.17, 15) is 9.90 Å². The Bertz CT molecular complexity index is 431. The van der Waals surface area contributed by atoms with E-state index < -0.39 is 0 Å². The quantitative estimate of drug-likeness (QED) is 0.795. The lowest BCUT2D eigenvalue weighted by Gasteiger charge is -2.21. The van der Waals surface area contributed by atoms with Gasteiger partial charge in [0.05, 0.1) is 18.7 Å². The Hall–Kier alpha value is -1.39. The van der Waals surface area contributed by atoms with Crippen molar-refractivity contribution in [1.29, 1.82) is 0 Å². The first-order chi connectivity index (χ1) is 9.56. The van der Waals surface area contributed by atoms with Crippen LogP contribution in [0.5, 0.6) is 0 Å². The van der Waals surface area contributed by atoms with Crippen molar-refractivity contribution in [3.05, 3.63) is 35.9 Å². The van der Waals surface area contributed by atoms with Crippen molar-refractivity contribution in [1.82, 2.24) is 10.2 Å². The van der Waals surface area contributed by atoms with Gasteiger partial charge in [-0.15, -0.1) is 0 Å². The Morgan fingerprint density at radius 3 is 2.65 bits per heavy atom. The Morgan fingerprint density at radius 1 is 1.40 bits per heavy atom. The summed E-state index contributed by atoms with van der Waals surface area (Å²) in [5.74, 6) is 0.440. The summed E-state index contributed by atoms with van der Waals surface area (Å²) in [4.78, 5) is 13.9. The summed E-state index contributed by atoms with van der Waals surface area (Å²) >= 11 is 0. The van der Waals surface area contributed by atoms with Crippen molar-refractivity contribution in [3.63, 3.8) is 0 Å². The number of nitrogens with zero attached hydrogens (tertiary/aromatic N) is 1. The minimum Gasteiger partial charge on any atom is -0.392 e. The summed E-state index contributed by atoms with van der Waals surface area (Å²) in [6.45, 7) is 2.87. The predicted octanol–water partition coefficient (Wildman–Crippen LogP) is 1.57. The fraction of sp³-hybridized carbons (Fsp3) is 0.562. The van der Waals surface area contributed by atoms with Crippen LogP contribution in [0.3, 0.4) is 0 Å². The first kappa shape index (κ1) is 15.0. The largest absolute Gasteiger partial charge is 0.392 e. The number of amides is 1. The van der Waals surface area contributed by atoms with Crippen LogP contribution in [0.4, 0.5) is 0 Å². The van der Waals surface area contributed by atoms with Crippen molar-refractivity contribution in [2.24, 2.45) is 5.92 Å². The van der Waals surface area contributed by atoms with Crippen LogP contribution in [-0.2, 0) is 4.79 Å². The lowest BCUT2D eigenvalue weighted by Crippen LogP contribution is -2.39. The molecule has 0 bridgehead atoms. The zero-order valence-electron chi connectivity index (χ0n) is 12.2. The van der Waals surface area contributed by atoms with Crippen LogP contribution in [0.25, 0.3) is 0 Å². The number of likely N-dealkylation sites (N-methyl/N-ethyl adjacent to an activating group) is 1. The van der Waals surface area contributed by atoms with Crippen molar-refractivity contribution < 1.29 is 9.90 Å². The molecule has 0 radical (unpaired) electrons. The Balaban J connectivity index is 1.74. The molecule has 110 valence electrons. The Kier molecular flexibility index (Phi) is 5.15. The standard InChI is InChI=1S/C16H24N2O2/c1-12(13-6-4-3-5-7-13)17-16(20)11-18(2)10-15(19)14-8-9-14/h3-7,12,14-15,19H,8-11H2,1-2H3,(H,17,20). The highest BCUT2D eigenvalue weighted by molar-refractivity contribution is 5.78. The number of aliphatic hydroxyl groups excluding tert-OH is 1. The number of aliphatic hydroxyl groups is 1. The molecule has 4 heteroatoms. The maximum atomic E-state index is 12.0. The molecule has 1 aromatic carbocycles. The fourth-order valence-electron chi connectivity index (χ4n) is 2.37. The van der Waals surface area contributed by atoms with Gasteiger partial charge < -0.3 is 10.4 Å². The van der Waals surface area contributed by atoms with Crippen LogP contribution in [0.15, 0.2) is 30.3 Å². The molecule has 0 aliphatic heterocycles. The van der Waals surface area contributed by atoms with Gasteiger partial charge in [0.1, 0.15) is 0 Å². The molecule has 2 unspecified atom stereocenters. The summed E-state index contributed by atoms with van der Waals surface area (Å²) in [6.07, 6.45) is 1.94. The molecule has 2 rings (SSSR count). The smallest absolute Gasteiger partial charge is 0.234 e. The molecule has 2 N–H and O–H groups in total. The summed E-state index contributed by atoms with van der Waals surface area (Å²) in [5.41, 5.74) is 1.10. The molecule has 1 fully saturated rings. The molecule has 1 aliphatic carbocycles. The molecule has 1 aliphatic rings. The zero-order chi connectivity index (χ0) is 14.5. The van der Waals surface area contributed by atoms with Gasteiger partial charge >= 0.3 is 0 Å². The van der Waals surface area contributed by atoms with E-state index in [1.807, 2.05) is 49.2 Å². The highest BCUT2D eigenvalue weighted by atomic mass is 16.3. The molecule has 0 spiro atoms. The van der Waals surface area contributed by atoms with Gasteiger partial charge in [-0.2, -0.15) is 0 Å². The molecule has 4 nitrogen and oxygen atoms in total. The van der Waals surface area contributed by atoms with E-state index in [2.05, 4.69) is 5.32 Å². The Morgan fingerprint density at radius 2 is 2.05 bits per heavy atom. The van der Waals surface area contributed by atoms with Gasteiger partial charge in [-0.1, -0.05) is 30.3 Å². The normalized spacial score (nSPS) is 17.8. The van der Waals surface area contributed by atoms with Gasteiger partial charge in [0.2, 0.25) is 5.91 Å². The molecule has 1 amide bonds. The molecule has 0 heterocycles. The summed E-state index contributed by atoms with van der Waals surface area (Å²) in [7, 11) is 1.87. The molecular weight excluding hydrogens is 252 g/mol. The number of benzene rings is 1. The minimum absolute atomic E-state index is 0.00505. The van der Waals surface area contributed by atoms with E-state index >= 15 is 0 Å². The highest BCUT2D eigenvalue weighted by Gasteiger charge is 2.30. The van der Waals surface area contributed by atoms with Crippen molar-refractivity contribution >= 4 is 5.91 Å². The van der Waals surface area contributed by atoms with Crippen molar-refractivity contribution in [3.8, 4) is 0 Å². The summed E-state index contributed by atoms with van der Waals surface area (Å²) < 4.78 is 0. The fourth-order valence-corrected chi connectivity index (χ4v) is 2.37. The average Bonchev–Trinajstić information content (AvgIpc) is 3.23. The lowest BCUT2D eigenvalue weighted by molar-refractivity contribution is -0.122. The Labute approximate surface area is 120 Å². The predicted molar refractivity (Wildman–Crippen MR) is 79.2 cm³/mol. The van der Waals surface area contributed by atoms with Crippen molar-refractivity contribution in [2.75, 3.05) is 20.1 Å². The number of carbonyl (C=O) groups is 1. The third-order valence-electron chi connectivity index (χ3n) is 3.76. The van der Waals surface area contributed by atoms with E-state index in [4.69, 9.17) is 0 Å². The second-order valence-electron chi connectivity index (χ2n) is 5.80. The molecule has 1 saturated carbocycles. The molecule has 0 saturated heterocycles. The van der Waals surface area contributed by atoms with Gasteiger partial charge in [0.25, 0.3) is 0 Å². The first-order valence-electron chi connectivity index (χ1n) is 7.27. The van der Waals surface area contributed by atoms with Crippen molar-refractivity contribution in [2.45, 2.75) is 31.9 Å². The second-order valence-corrected chi connectivity index (χ2v) is 5.80. The van der Waals surface area contributed by atoms with Crippen LogP contribution in [-0.4, -0.2) is 42.2 Å². The minimum atomic E-state index is -0.292. The van der Waals surface area contributed by atoms with Gasteiger partial charge in [0.15, 0.2) is 0 Å². The zero-order valence-corrected chi connectivity index (χ0v) is 12.2. The third-order valence-corrected chi connectivity index (χ3v) is 3.76. The van der Waals surface area contributed by atoms with Gasteiger partial charge in [-0.25, -0.2) is 0 Å². The number of hydrogen-bond donors (Lipinski definition) is 2. The van der Waals surface area contributed by atoms with E-state index in [-0.39, 0.29) is 18.1 Å². The van der Waals surface area contributed by atoms with Crippen LogP contribution in [0, 0.1) is 5.92 Å². The topological polar surface area (TPSA) is 52.6 Å². The molecule has 1 aromatic rings. The average molecular weight is 276 g/mol. The first-order valence-corrected chi connectivity index (χ1v) is 7.27. The van der Waals surface area contributed by atoms with E-state index in [1.54, 1.807) is 0 Å². The summed E-state index contributed by atoms with van der Waals surface area (Å²) in [6, 6.07) is 9.92. The van der Waals surface area contributed by atoms with Gasteiger partial charge in [-0.05, 0) is 38.3 Å². The van der Waals surface area contributed by atoms with Gasteiger partial charge in [0, 0.05) is 6.54 Å². The SMILES string of the molecule is CC(NC(=O)CN(C)CC(O)C1CC1)c1ccccc1. The maximum Gasteiger partial charge on any atom is 0.234 e. The van der Waals surface area contributed by atoms with E-state index in [0.29, 0.717) is 19.0 Å². The van der Waals surface area contributed by atoms with Crippen LogP contribution in [0.1, 0.15) is 31.4 Å². The van der Waals surface area contributed by atoms with Crippen LogP contribution >= 0.6 is 0 Å². The van der Waals surface area contributed by atoms with E-state index in [1.165, 1.54) is 0 Å². The van der Waals surface area contributed by atoms with Gasteiger partial charge in [-0.3, -0.25) is 9.69 Å². The molecular formula is C16H24N2O2. The second kappa shape index (κ2) is 6.86.